The molecule has 4 N–H and O–H groups in total. The van der Waals surface area contributed by atoms with Gasteiger partial charge in [0.05, 0.1) is 12.0 Å². The molecular weight excluding hydrogens is 470 g/mol. The second-order valence-electron chi connectivity index (χ2n) is 12.3. The first-order chi connectivity index (χ1) is 18.5. The lowest BCUT2D eigenvalue weighted by atomic mass is 9.51. The molecule has 0 heterocycles. The number of rotatable bonds is 16. The Labute approximate surface area is 232 Å². The van der Waals surface area contributed by atoms with Crippen LogP contribution in [-0.4, -0.2) is 28.8 Å². The van der Waals surface area contributed by atoms with Crippen molar-refractivity contribution in [2.45, 2.75) is 122 Å². The third kappa shape index (κ3) is 7.72. The topological polar surface area (TPSA) is 83.5 Å². The number of allylic oxidation sites excluding steroid dienone is 2. The van der Waals surface area contributed by atoms with Gasteiger partial charge in [-0.1, -0.05) is 81.5 Å². The van der Waals surface area contributed by atoms with E-state index in [1.54, 1.807) is 6.92 Å². The van der Waals surface area contributed by atoms with Gasteiger partial charge in [0.15, 0.2) is 0 Å². The van der Waals surface area contributed by atoms with Gasteiger partial charge >= 0.3 is 5.97 Å². The van der Waals surface area contributed by atoms with Crippen LogP contribution in [0.15, 0.2) is 42.5 Å². The molecule has 0 radical (unpaired) electrons. The molecule has 0 aliphatic heterocycles. The number of hydrogen-bond acceptors (Lipinski definition) is 3. The SMILES string of the molecule is CCCCCCC=CCCCC1CCC(C2(c3ccccc3)CCCC2)C(C(C(=O)O)C(C)O)C1CCN. The van der Waals surface area contributed by atoms with E-state index in [-0.39, 0.29) is 23.2 Å². The Morgan fingerprint density at radius 2 is 1.71 bits per heavy atom. The third-order valence-corrected chi connectivity index (χ3v) is 10.0. The minimum absolute atomic E-state index is 0.00679. The summed E-state index contributed by atoms with van der Waals surface area (Å²) in [6.07, 6.45) is 21.3. The van der Waals surface area contributed by atoms with Gasteiger partial charge in [0.2, 0.25) is 0 Å². The Morgan fingerprint density at radius 1 is 1.03 bits per heavy atom. The molecule has 2 fully saturated rings. The molecule has 3 rings (SSSR count). The minimum atomic E-state index is -0.871. The van der Waals surface area contributed by atoms with Gasteiger partial charge in [0.1, 0.15) is 0 Å². The predicted octanol–water partition coefficient (Wildman–Crippen LogP) is 7.88. The maximum absolute atomic E-state index is 12.7. The maximum atomic E-state index is 12.7. The Bertz CT molecular complexity index is 829. The van der Waals surface area contributed by atoms with Crippen LogP contribution in [0.5, 0.6) is 0 Å². The molecule has 0 spiro atoms. The first-order valence-corrected chi connectivity index (χ1v) is 15.8. The summed E-state index contributed by atoms with van der Waals surface area (Å²) in [5.74, 6) is -0.657. The zero-order chi connectivity index (χ0) is 27.4. The lowest BCUT2D eigenvalue weighted by molar-refractivity contribution is -0.155. The van der Waals surface area contributed by atoms with Crippen LogP contribution in [0.2, 0.25) is 0 Å². The summed E-state index contributed by atoms with van der Waals surface area (Å²) < 4.78 is 0. The van der Waals surface area contributed by atoms with Gasteiger partial charge in [-0.15, -0.1) is 0 Å². The molecule has 0 amide bonds. The van der Waals surface area contributed by atoms with Crippen molar-refractivity contribution in [3.8, 4) is 0 Å². The minimum Gasteiger partial charge on any atom is -0.481 e. The highest BCUT2D eigenvalue weighted by Crippen LogP contribution is 2.58. The standard InChI is InChI=1S/C34H55NO3/c1-3-4-5-6-7-8-9-10-12-17-27-20-21-30(32(29(27)22-25-35)31(26(2)36)33(37)38)34(23-15-16-24-34)28-18-13-11-14-19-28/h8-9,11,13-14,18-19,26-27,29-32,36H,3-7,10,12,15-17,20-25,35H2,1-2H3,(H,37,38). The molecule has 2 aliphatic carbocycles. The number of carboxylic acids is 1. The van der Waals surface area contributed by atoms with Gasteiger partial charge in [0.25, 0.3) is 0 Å². The summed E-state index contributed by atoms with van der Waals surface area (Å²) >= 11 is 0. The Hall–Kier alpha value is -1.65. The van der Waals surface area contributed by atoms with E-state index in [0.717, 1.165) is 51.4 Å². The van der Waals surface area contributed by atoms with Crippen molar-refractivity contribution >= 4 is 5.97 Å². The molecule has 6 unspecified atom stereocenters. The van der Waals surface area contributed by atoms with Crippen molar-refractivity contribution in [3.63, 3.8) is 0 Å². The molecule has 0 aromatic heterocycles. The molecule has 38 heavy (non-hydrogen) atoms. The van der Waals surface area contributed by atoms with Gasteiger partial charge in [-0.25, -0.2) is 0 Å². The van der Waals surface area contributed by atoms with E-state index < -0.39 is 18.0 Å². The summed E-state index contributed by atoms with van der Waals surface area (Å²) in [6, 6.07) is 10.9. The molecule has 214 valence electrons. The second kappa shape index (κ2) is 15.8. The van der Waals surface area contributed by atoms with Gasteiger partial charge in [-0.3, -0.25) is 4.79 Å². The molecule has 0 bridgehead atoms. The van der Waals surface area contributed by atoms with E-state index >= 15 is 0 Å². The van der Waals surface area contributed by atoms with Crippen LogP contribution >= 0.6 is 0 Å². The Morgan fingerprint density at radius 3 is 2.32 bits per heavy atom. The molecule has 4 heteroatoms. The van der Waals surface area contributed by atoms with Crippen LogP contribution in [0.1, 0.15) is 116 Å². The number of aliphatic carboxylic acids is 1. The summed E-state index contributed by atoms with van der Waals surface area (Å²) in [7, 11) is 0. The summed E-state index contributed by atoms with van der Waals surface area (Å²) in [6.45, 7) is 4.52. The third-order valence-electron chi connectivity index (χ3n) is 10.0. The highest BCUT2D eigenvalue weighted by molar-refractivity contribution is 5.71. The molecule has 1 aromatic carbocycles. The molecule has 1 aromatic rings. The quantitative estimate of drug-likeness (QED) is 0.151. The molecule has 6 atom stereocenters. The average Bonchev–Trinajstić information content (AvgIpc) is 3.40. The van der Waals surface area contributed by atoms with E-state index in [9.17, 15) is 15.0 Å². The van der Waals surface area contributed by atoms with Gasteiger partial charge < -0.3 is 15.9 Å². The van der Waals surface area contributed by atoms with Gasteiger partial charge in [-0.05, 0) is 112 Å². The molecule has 4 nitrogen and oxygen atoms in total. The molecular formula is C34H55NO3. The number of carbonyl (C=O) groups is 1. The molecule has 0 saturated heterocycles. The van der Waals surface area contributed by atoms with Crippen molar-refractivity contribution in [1.82, 2.24) is 0 Å². The zero-order valence-corrected chi connectivity index (χ0v) is 24.2. The second-order valence-corrected chi connectivity index (χ2v) is 12.3. The lowest BCUT2D eigenvalue weighted by Crippen LogP contribution is -2.52. The first-order valence-electron chi connectivity index (χ1n) is 15.8. The number of nitrogens with two attached hydrogens (primary N) is 1. The average molecular weight is 526 g/mol. The van der Waals surface area contributed by atoms with E-state index in [2.05, 4.69) is 49.4 Å². The summed E-state index contributed by atoms with van der Waals surface area (Å²) in [5.41, 5.74) is 7.58. The summed E-state index contributed by atoms with van der Waals surface area (Å²) in [5, 5.41) is 21.3. The van der Waals surface area contributed by atoms with E-state index in [0.29, 0.717) is 12.5 Å². The first kappa shape index (κ1) is 30.9. The number of hydrogen-bond donors (Lipinski definition) is 3. The number of unbranched alkanes of at least 4 members (excludes halogenated alkanes) is 5. The fourth-order valence-corrected chi connectivity index (χ4v) is 8.32. The fraction of sp³-hybridized carbons (Fsp3) is 0.735. The monoisotopic (exact) mass is 525 g/mol. The number of aliphatic hydroxyl groups is 1. The van der Waals surface area contributed by atoms with Crippen LogP contribution in [0, 0.1) is 29.6 Å². The Balaban J connectivity index is 1.82. The highest BCUT2D eigenvalue weighted by atomic mass is 16.4. The van der Waals surface area contributed by atoms with E-state index in [1.165, 1.54) is 50.5 Å². The van der Waals surface area contributed by atoms with Crippen molar-refractivity contribution in [1.29, 1.82) is 0 Å². The van der Waals surface area contributed by atoms with E-state index in [4.69, 9.17) is 5.73 Å². The predicted molar refractivity (Wildman–Crippen MR) is 158 cm³/mol. The summed E-state index contributed by atoms with van der Waals surface area (Å²) in [4.78, 5) is 12.7. The van der Waals surface area contributed by atoms with Crippen LogP contribution < -0.4 is 5.73 Å². The van der Waals surface area contributed by atoms with E-state index in [1.807, 2.05) is 0 Å². The van der Waals surface area contributed by atoms with Crippen LogP contribution in [-0.2, 0) is 10.2 Å². The Kier molecular flexibility index (Phi) is 12.9. The fourth-order valence-electron chi connectivity index (χ4n) is 8.32. The van der Waals surface area contributed by atoms with Gasteiger partial charge in [0, 0.05) is 0 Å². The smallest absolute Gasteiger partial charge is 0.309 e. The van der Waals surface area contributed by atoms with Crippen LogP contribution in [0.3, 0.4) is 0 Å². The van der Waals surface area contributed by atoms with Crippen molar-refractivity contribution < 1.29 is 15.0 Å². The number of carboxylic acid groups (broad SMARTS) is 1. The van der Waals surface area contributed by atoms with Gasteiger partial charge in [-0.2, -0.15) is 0 Å². The zero-order valence-electron chi connectivity index (χ0n) is 24.2. The molecule has 2 saturated carbocycles. The van der Waals surface area contributed by atoms with Crippen LogP contribution in [0.4, 0.5) is 0 Å². The normalized spacial score (nSPS) is 26.9. The molecule has 2 aliphatic rings. The van der Waals surface area contributed by atoms with Crippen molar-refractivity contribution in [2.75, 3.05) is 6.54 Å². The highest BCUT2D eigenvalue weighted by Gasteiger charge is 2.54. The van der Waals surface area contributed by atoms with Crippen molar-refractivity contribution in [3.05, 3.63) is 48.0 Å². The van der Waals surface area contributed by atoms with Crippen LogP contribution in [0.25, 0.3) is 0 Å². The maximum Gasteiger partial charge on any atom is 0.309 e. The largest absolute Gasteiger partial charge is 0.481 e. The number of benzene rings is 1. The lowest BCUT2D eigenvalue weighted by Gasteiger charge is -2.53. The number of aliphatic hydroxyl groups excluding tert-OH is 1. The van der Waals surface area contributed by atoms with Crippen molar-refractivity contribution in [2.24, 2.45) is 35.3 Å².